The molecule has 0 saturated carbocycles. The Morgan fingerprint density at radius 1 is 0.267 bits per heavy atom. The number of carbonyl (C=O) groups is 4. The van der Waals surface area contributed by atoms with E-state index >= 15 is 0 Å². The van der Waals surface area contributed by atoms with Crippen molar-refractivity contribution in [1.82, 2.24) is 0 Å². The average Bonchev–Trinajstić information content (AvgIpc) is 0.939. The minimum Gasteiger partial charge on any atom is -0.462 e. The van der Waals surface area contributed by atoms with E-state index in [1.807, 2.05) is 0 Å². The van der Waals surface area contributed by atoms with Gasteiger partial charge in [-0.15, -0.1) is 0 Å². The van der Waals surface area contributed by atoms with Crippen LogP contribution in [0.1, 0.15) is 439 Å². The van der Waals surface area contributed by atoms with Gasteiger partial charge in [0.1, 0.15) is 19.3 Å². The zero-order valence-electron chi connectivity index (χ0n) is 66.1. The standard InChI is InChI=1S/C82H160O17P2/c1-6-9-12-15-18-21-24-27-36-41-46-51-56-61-66-80(85)93-72-78(99-82(87)68-63-58-53-48-43-38-34-32-30-29-31-33-35-39-44-49-54-59-64-75(4)5)74-97-101(90,91)95-70-76(83)69-94-100(88,89)96-73-77(71-92-79(84)65-60-55-50-45-40-26-23-20-17-14-11-8-3)98-81(86)67-62-57-52-47-42-37-28-25-22-19-16-13-10-7-2/h75-78,83H,6-74H2,1-5H3,(H,88,89)(H,90,91)/t76-,77+,78+/m0/s1. The van der Waals surface area contributed by atoms with Crippen molar-refractivity contribution >= 4 is 39.5 Å². The Balaban J connectivity index is 5.23. The van der Waals surface area contributed by atoms with E-state index in [2.05, 4.69) is 34.6 Å². The maximum absolute atomic E-state index is 13.1. The summed E-state index contributed by atoms with van der Waals surface area (Å²) in [6, 6.07) is 0. The SMILES string of the molecule is CCCCCCCCCCCCCCCCC(=O)OC[C@H](COP(=O)(O)OC[C@@H](O)COP(=O)(O)OC[C@@H](COC(=O)CCCCCCCCCCCCCC)OC(=O)CCCCCCCCCCCCCCCC)OC(=O)CCCCCCCCCCCCCCCCCCCCC(C)C. The summed E-state index contributed by atoms with van der Waals surface area (Å²) in [7, 11) is -9.92. The molecule has 17 nitrogen and oxygen atoms in total. The third kappa shape index (κ3) is 76.1. The quantitative estimate of drug-likeness (QED) is 0.0222. The van der Waals surface area contributed by atoms with Gasteiger partial charge in [0.2, 0.25) is 0 Å². The molecule has 5 atom stereocenters. The number of esters is 4. The first-order chi connectivity index (χ1) is 49.0. The molecule has 0 bridgehead atoms. The third-order valence-corrected chi connectivity index (χ3v) is 21.2. The van der Waals surface area contributed by atoms with Crippen LogP contribution in [0.2, 0.25) is 0 Å². The zero-order chi connectivity index (χ0) is 74.1. The molecule has 0 aromatic rings. The number of rotatable bonds is 82. The van der Waals surface area contributed by atoms with Gasteiger partial charge in [0, 0.05) is 25.7 Å². The summed E-state index contributed by atoms with van der Waals surface area (Å²) in [4.78, 5) is 73.1. The Bertz CT molecular complexity index is 1930. The summed E-state index contributed by atoms with van der Waals surface area (Å²) in [6.45, 7) is 7.38. The fourth-order valence-corrected chi connectivity index (χ4v) is 14.3. The van der Waals surface area contributed by atoms with E-state index in [1.165, 1.54) is 263 Å². The number of carbonyl (C=O) groups excluding carboxylic acids is 4. The van der Waals surface area contributed by atoms with Crippen LogP contribution in [0.5, 0.6) is 0 Å². The molecule has 3 N–H and O–H groups in total. The van der Waals surface area contributed by atoms with E-state index in [0.717, 1.165) is 95.8 Å². The molecule has 0 spiro atoms. The van der Waals surface area contributed by atoms with Gasteiger partial charge in [0.25, 0.3) is 0 Å². The molecule has 0 aromatic heterocycles. The third-order valence-electron chi connectivity index (χ3n) is 19.3. The Labute approximate surface area is 619 Å². The number of ether oxygens (including phenoxy) is 4. The van der Waals surface area contributed by atoms with Crippen molar-refractivity contribution in [2.45, 2.75) is 457 Å². The Morgan fingerprint density at radius 2 is 0.455 bits per heavy atom. The van der Waals surface area contributed by atoms with Crippen molar-refractivity contribution in [2.75, 3.05) is 39.6 Å². The molecule has 0 amide bonds. The Hall–Kier alpha value is -1.94. The highest BCUT2D eigenvalue weighted by molar-refractivity contribution is 7.47. The highest BCUT2D eigenvalue weighted by Gasteiger charge is 2.30. The summed E-state index contributed by atoms with van der Waals surface area (Å²) in [5.41, 5.74) is 0. The lowest BCUT2D eigenvalue weighted by atomic mass is 10.0. The van der Waals surface area contributed by atoms with E-state index in [9.17, 15) is 43.2 Å². The van der Waals surface area contributed by atoms with Crippen LogP contribution in [0.4, 0.5) is 0 Å². The molecular formula is C82H160O17P2. The second-order valence-corrected chi connectivity index (χ2v) is 32.9. The van der Waals surface area contributed by atoms with Crippen LogP contribution in [0.25, 0.3) is 0 Å². The van der Waals surface area contributed by atoms with Gasteiger partial charge in [-0.3, -0.25) is 37.3 Å². The maximum Gasteiger partial charge on any atom is 0.472 e. The number of hydrogen-bond acceptors (Lipinski definition) is 15. The molecule has 19 heteroatoms. The minimum absolute atomic E-state index is 0.109. The van der Waals surface area contributed by atoms with Gasteiger partial charge in [-0.25, -0.2) is 9.13 Å². The van der Waals surface area contributed by atoms with Crippen molar-refractivity contribution < 1.29 is 80.2 Å². The molecule has 0 aromatic carbocycles. The summed E-state index contributed by atoms with van der Waals surface area (Å²) in [5.74, 6) is -1.28. The van der Waals surface area contributed by atoms with Gasteiger partial charge in [-0.05, 0) is 31.6 Å². The fourth-order valence-electron chi connectivity index (χ4n) is 12.8. The molecule has 2 unspecified atom stereocenters. The van der Waals surface area contributed by atoms with Crippen LogP contribution in [0.15, 0.2) is 0 Å². The topological polar surface area (TPSA) is 237 Å². The van der Waals surface area contributed by atoms with Gasteiger partial charge in [-0.1, -0.05) is 388 Å². The van der Waals surface area contributed by atoms with Gasteiger partial charge >= 0.3 is 39.5 Å². The Kier molecular flexibility index (Phi) is 73.5. The second kappa shape index (κ2) is 74.9. The molecule has 0 rings (SSSR count). The predicted octanol–water partition coefficient (Wildman–Crippen LogP) is 24.8. The van der Waals surface area contributed by atoms with E-state index in [1.54, 1.807) is 0 Å². The lowest BCUT2D eigenvalue weighted by Gasteiger charge is -2.21. The molecule has 0 saturated heterocycles. The van der Waals surface area contributed by atoms with Crippen LogP contribution in [-0.2, 0) is 65.4 Å². The normalized spacial score (nSPS) is 13.8. The van der Waals surface area contributed by atoms with Crippen molar-refractivity contribution in [3.05, 3.63) is 0 Å². The first-order valence-electron chi connectivity index (χ1n) is 42.6. The number of phosphoric ester groups is 2. The van der Waals surface area contributed by atoms with E-state index in [0.29, 0.717) is 25.7 Å². The predicted molar refractivity (Wildman–Crippen MR) is 414 cm³/mol. The van der Waals surface area contributed by atoms with Crippen molar-refractivity contribution in [3.63, 3.8) is 0 Å². The summed E-state index contributed by atoms with van der Waals surface area (Å²) >= 11 is 0. The summed E-state index contributed by atoms with van der Waals surface area (Å²) in [6.07, 6.45) is 66.4. The maximum atomic E-state index is 13.1. The second-order valence-electron chi connectivity index (χ2n) is 30.0. The van der Waals surface area contributed by atoms with Crippen LogP contribution < -0.4 is 0 Å². The van der Waals surface area contributed by atoms with Gasteiger partial charge in [-0.2, -0.15) is 0 Å². The fraction of sp³-hybridized carbons (Fsp3) is 0.951. The van der Waals surface area contributed by atoms with Gasteiger partial charge < -0.3 is 33.8 Å². The molecule has 101 heavy (non-hydrogen) atoms. The first-order valence-corrected chi connectivity index (χ1v) is 45.6. The molecule has 600 valence electrons. The van der Waals surface area contributed by atoms with Gasteiger partial charge in [0.05, 0.1) is 26.4 Å². The molecule has 0 heterocycles. The summed E-state index contributed by atoms with van der Waals surface area (Å²) in [5, 5.41) is 10.6. The minimum atomic E-state index is -4.96. The number of hydrogen-bond donors (Lipinski definition) is 3. The largest absolute Gasteiger partial charge is 0.472 e. The van der Waals surface area contributed by atoms with Crippen molar-refractivity contribution in [2.24, 2.45) is 5.92 Å². The van der Waals surface area contributed by atoms with Crippen LogP contribution in [-0.4, -0.2) is 96.7 Å². The highest BCUT2D eigenvalue weighted by Crippen LogP contribution is 2.45. The van der Waals surface area contributed by atoms with Crippen molar-refractivity contribution in [1.29, 1.82) is 0 Å². The molecule has 0 aliphatic carbocycles. The number of aliphatic hydroxyl groups is 1. The molecule has 0 aliphatic rings. The lowest BCUT2D eigenvalue weighted by molar-refractivity contribution is -0.161. The van der Waals surface area contributed by atoms with E-state index in [4.69, 9.17) is 37.0 Å². The van der Waals surface area contributed by atoms with Crippen LogP contribution in [0.3, 0.4) is 0 Å². The number of unbranched alkanes of at least 4 members (excludes halogenated alkanes) is 54. The Morgan fingerprint density at radius 3 is 0.673 bits per heavy atom. The smallest absolute Gasteiger partial charge is 0.462 e. The number of phosphoric acid groups is 2. The molecular weight excluding hydrogens is 1320 g/mol. The van der Waals surface area contributed by atoms with Crippen molar-refractivity contribution in [3.8, 4) is 0 Å². The van der Waals surface area contributed by atoms with Crippen LogP contribution in [0, 0.1) is 5.92 Å². The molecule has 0 fully saturated rings. The van der Waals surface area contributed by atoms with Crippen LogP contribution >= 0.6 is 15.6 Å². The molecule has 0 radical (unpaired) electrons. The highest BCUT2D eigenvalue weighted by atomic mass is 31.2. The van der Waals surface area contributed by atoms with E-state index in [-0.39, 0.29) is 25.7 Å². The lowest BCUT2D eigenvalue weighted by Crippen LogP contribution is -2.30. The zero-order valence-corrected chi connectivity index (χ0v) is 67.8. The van der Waals surface area contributed by atoms with E-state index < -0.39 is 97.5 Å². The first kappa shape index (κ1) is 99.1. The van der Waals surface area contributed by atoms with Gasteiger partial charge in [0.15, 0.2) is 12.2 Å². The monoisotopic (exact) mass is 1480 g/mol. The number of aliphatic hydroxyl groups excluding tert-OH is 1. The summed E-state index contributed by atoms with van der Waals surface area (Å²) < 4.78 is 68.8. The average molecular weight is 1480 g/mol. The molecule has 0 aliphatic heterocycles.